The van der Waals surface area contributed by atoms with Crippen LogP contribution in [0.2, 0.25) is 0 Å². The van der Waals surface area contributed by atoms with E-state index in [-0.39, 0.29) is 0 Å². The van der Waals surface area contributed by atoms with E-state index in [1.807, 2.05) is 6.08 Å². The molecule has 0 saturated carbocycles. The molecule has 0 bridgehead atoms. The Morgan fingerprint density at radius 2 is 2.24 bits per heavy atom. The predicted molar refractivity (Wildman–Crippen MR) is 73.5 cm³/mol. The number of aryl methyl sites for hydroxylation is 1. The number of para-hydroxylation sites is 1. The van der Waals surface area contributed by atoms with Gasteiger partial charge in [-0.25, -0.2) is 0 Å². The van der Waals surface area contributed by atoms with Gasteiger partial charge in [0.25, 0.3) is 0 Å². The first-order valence-electron chi connectivity index (χ1n) is 6.32. The predicted octanol–water partition coefficient (Wildman–Crippen LogP) is 3.45. The van der Waals surface area contributed by atoms with Crippen LogP contribution in [0.4, 0.5) is 0 Å². The third-order valence-corrected chi connectivity index (χ3v) is 2.60. The molecule has 1 rings (SSSR count). The zero-order valence-electron chi connectivity index (χ0n) is 11.0. The fourth-order valence-corrected chi connectivity index (χ4v) is 1.70. The molecule has 0 amide bonds. The molecular formula is C15H23NO. The summed E-state index contributed by atoms with van der Waals surface area (Å²) in [6.45, 7) is 10.6. The van der Waals surface area contributed by atoms with Crippen LogP contribution in [-0.2, 0) is 6.54 Å². The molecule has 0 saturated heterocycles. The highest BCUT2D eigenvalue weighted by Gasteiger charge is 2.05. The van der Waals surface area contributed by atoms with Crippen molar-refractivity contribution in [3.05, 3.63) is 42.0 Å². The molecule has 0 aliphatic carbocycles. The number of hydrogen-bond donors (Lipinski definition) is 1. The highest BCUT2D eigenvalue weighted by atomic mass is 16.5. The van der Waals surface area contributed by atoms with Crippen molar-refractivity contribution >= 4 is 0 Å². The van der Waals surface area contributed by atoms with Crippen molar-refractivity contribution in [1.82, 2.24) is 5.32 Å². The summed E-state index contributed by atoms with van der Waals surface area (Å²) in [5.41, 5.74) is 2.44. The molecule has 0 aromatic heterocycles. The normalized spacial score (nSPS) is 10.2. The van der Waals surface area contributed by atoms with Gasteiger partial charge in [0.05, 0.1) is 6.61 Å². The Bertz CT molecular complexity index is 347. The van der Waals surface area contributed by atoms with Crippen LogP contribution in [0.15, 0.2) is 30.9 Å². The number of ether oxygens (including phenoxy) is 1. The molecule has 0 fully saturated rings. The SMILES string of the molecule is C=CCCOc1c(C)cccc1CNCCC. The molecule has 0 aliphatic heterocycles. The Labute approximate surface area is 105 Å². The van der Waals surface area contributed by atoms with E-state index >= 15 is 0 Å². The second kappa shape index (κ2) is 7.91. The highest BCUT2D eigenvalue weighted by Crippen LogP contribution is 2.23. The first-order valence-corrected chi connectivity index (χ1v) is 6.32. The topological polar surface area (TPSA) is 21.3 Å². The van der Waals surface area contributed by atoms with Crippen molar-refractivity contribution in [2.75, 3.05) is 13.2 Å². The van der Waals surface area contributed by atoms with Crippen molar-refractivity contribution < 1.29 is 4.74 Å². The Morgan fingerprint density at radius 3 is 2.94 bits per heavy atom. The summed E-state index contributed by atoms with van der Waals surface area (Å²) >= 11 is 0. The second-order valence-electron chi connectivity index (χ2n) is 4.17. The average Bonchev–Trinajstić information content (AvgIpc) is 2.33. The van der Waals surface area contributed by atoms with Crippen LogP contribution in [0.3, 0.4) is 0 Å². The fourth-order valence-electron chi connectivity index (χ4n) is 1.70. The second-order valence-corrected chi connectivity index (χ2v) is 4.17. The van der Waals surface area contributed by atoms with Crippen LogP contribution in [0.1, 0.15) is 30.9 Å². The summed E-state index contributed by atoms with van der Waals surface area (Å²) in [6, 6.07) is 6.30. The van der Waals surface area contributed by atoms with Crippen molar-refractivity contribution in [2.24, 2.45) is 0 Å². The van der Waals surface area contributed by atoms with E-state index < -0.39 is 0 Å². The van der Waals surface area contributed by atoms with Crippen molar-refractivity contribution in [2.45, 2.75) is 33.2 Å². The summed E-state index contributed by atoms with van der Waals surface area (Å²) in [4.78, 5) is 0. The monoisotopic (exact) mass is 233 g/mol. The zero-order chi connectivity index (χ0) is 12.5. The lowest BCUT2D eigenvalue weighted by Crippen LogP contribution is -2.15. The van der Waals surface area contributed by atoms with Gasteiger partial charge < -0.3 is 10.1 Å². The first-order chi connectivity index (χ1) is 8.29. The van der Waals surface area contributed by atoms with Gasteiger partial charge in [0, 0.05) is 12.1 Å². The van der Waals surface area contributed by atoms with Gasteiger partial charge in [-0.1, -0.05) is 31.2 Å². The third kappa shape index (κ3) is 4.61. The Morgan fingerprint density at radius 1 is 1.41 bits per heavy atom. The van der Waals surface area contributed by atoms with Gasteiger partial charge >= 0.3 is 0 Å². The van der Waals surface area contributed by atoms with Gasteiger partial charge in [-0.2, -0.15) is 0 Å². The van der Waals surface area contributed by atoms with Gasteiger partial charge in [-0.05, 0) is 31.9 Å². The molecule has 17 heavy (non-hydrogen) atoms. The van der Waals surface area contributed by atoms with Gasteiger partial charge in [-0.15, -0.1) is 6.58 Å². The average molecular weight is 233 g/mol. The number of benzene rings is 1. The maximum absolute atomic E-state index is 5.83. The molecule has 0 spiro atoms. The highest BCUT2D eigenvalue weighted by molar-refractivity contribution is 5.40. The van der Waals surface area contributed by atoms with Crippen LogP contribution in [0, 0.1) is 6.92 Å². The summed E-state index contributed by atoms with van der Waals surface area (Å²) in [5.74, 6) is 1.03. The van der Waals surface area contributed by atoms with Crippen LogP contribution in [-0.4, -0.2) is 13.2 Å². The van der Waals surface area contributed by atoms with Crippen molar-refractivity contribution in [3.63, 3.8) is 0 Å². The lowest BCUT2D eigenvalue weighted by atomic mass is 10.1. The van der Waals surface area contributed by atoms with Gasteiger partial charge in [0.1, 0.15) is 5.75 Å². The van der Waals surface area contributed by atoms with E-state index in [0.717, 1.165) is 31.7 Å². The minimum Gasteiger partial charge on any atom is -0.493 e. The number of nitrogens with one attached hydrogen (secondary N) is 1. The van der Waals surface area contributed by atoms with Crippen LogP contribution < -0.4 is 10.1 Å². The van der Waals surface area contributed by atoms with E-state index in [4.69, 9.17) is 4.74 Å². The Hall–Kier alpha value is -1.28. The molecule has 2 heteroatoms. The minimum atomic E-state index is 0.704. The smallest absolute Gasteiger partial charge is 0.126 e. The molecule has 1 aromatic carbocycles. The van der Waals surface area contributed by atoms with Crippen LogP contribution in [0.25, 0.3) is 0 Å². The molecule has 0 aliphatic rings. The molecule has 0 radical (unpaired) electrons. The maximum Gasteiger partial charge on any atom is 0.126 e. The summed E-state index contributed by atoms with van der Waals surface area (Å²) in [7, 11) is 0. The molecule has 0 atom stereocenters. The molecule has 1 aromatic rings. The van der Waals surface area contributed by atoms with Crippen molar-refractivity contribution in [1.29, 1.82) is 0 Å². The van der Waals surface area contributed by atoms with E-state index in [1.54, 1.807) is 0 Å². The van der Waals surface area contributed by atoms with Gasteiger partial charge in [0.2, 0.25) is 0 Å². The van der Waals surface area contributed by atoms with Crippen LogP contribution in [0.5, 0.6) is 5.75 Å². The molecule has 1 N–H and O–H groups in total. The minimum absolute atomic E-state index is 0.704. The van der Waals surface area contributed by atoms with E-state index in [0.29, 0.717) is 6.61 Å². The third-order valence-electron chi connectivity index (χ3n) is 2.60. The fraction of sp³-hybridized carbons (Fsp3) is 0.467. The maximum atomic E-state index is 5.83. The van der Waals surface area contributed by atoms with Crippen LogP contribution >= 0.6 is 0 Å². The number of rotatable bonds is 8. The molecule has 0 heterocycles. The first kappa shape index (κ1) is 13.8. The van der Waals surface area contributed by atoms with E-state index in [9.17, 15) is 0 Å². The van der Waals surface area contributed by atoms with Gasteiger partial charge in [0.15, 0.2) is 0 Å². The standard InChI is InChI=1S/C15H23NO/c1-4-6-11-17-15-13(3)8-7-9-14(15)12-16-10-5-2/h4,7-9,16H,1,5-6,10-12H2,2-3H3. The molecular weight excluding hydrogens is 210 g/mol. The zero-order valence-corrected chi connectivity index (χ0v) is 11.0. The summed E-state index contributed by atoms with van der Waals surface area (Å²) in [6.07, 6.45) is 3.92. The summed E-state index contributed by atoms with van der Waals surface area (Å²) < 4.78 is 5.83. The molecule has 2 nitrogen and oxygen atoms in total. The molecule has 0 unspecified atom stereocenters. The van der Waals surface area contributed by atoms with Crippen molar-refractivity contribution in [3.8, 4) is 5.75 Å². The van der Waals surface area contributed by atoms with E-state index in [1.165, 1.54) is 11.1 Å². The van der Waals surface area contributed by atoms with Gasteiger partial charge in [-0.3, -0.25) is 0 Å². The Kier molecular flexibility index (Phi) is 6.41. The largest absolute Gasteiger partial charge is 0.493 e. The number of hydrogen-bond acceptors (Lipinski definition) is 2. The molecule has 94 valence electrons. The Balaban J connectivity index is 2.66. The summed E-state index contributed by atoms with van der Waals surface area (Å²) in [5, 5.41) is 3.41. The lowest BCUT2D eigenvalue weighted by Gasteiger charge is -2.14. The van der Waals surface area contributed by atoms with E-state index in [2.05, 4.69) is 43.9 Å². The lowest BCUT2D eigenvalue weighted by molar-refractivity contribution is 0.318. The quantitative estimate of drug-likeness (QED) is 0.548.